The van der Waals surface area contributed by atoms with Crippen molar-refractivity contribution in [3.8, 4) is 22.3 Å². The summed E-state index contributed by atoms with van der Waals surface area (Å²) < 4.78 is 2.60. The Bertz CT molecular complexity index is 2880. The van der Waals surface area contributed by atoms with Crippen molar-refractivity contribution in [2.45, 2.75) is 0 Å². The molecule has 0 N–H and O–H groups in total. The maximum absolute atomic E-state index is 2.48. The molecule has 2 heteroatoms. The first kappa shape index (κ1) is 28.8. The van der Waals surface area contributed by atoms with Gasteiger partial charge in [-0.3, -0.25) is 0 Å². The summed E-state index contributed by atoms with van der Waals surface area (Å²) >= 11 is 1.90. The Morgan fingerprint density at radius 1 is 0.360 bits per heavy atom. The predicted molar refractivity (Wildman–Crippen MR) is 217 cm³/mol. The summed E-state index contributed by atoms with van der Waals surface area (Å²) in [6.07, 6.45) is 0. The lowest BCUT2D eigenvalue weighted by Crippen LogP contribution is -2.11. The summed E-state index contributed by atoms with van der Waals surface area (Å²) in [7, 11) is 0. The van der Waals surface area contributed by atoms with Gasteiger partial charge >= 0.3 is 0 Å². The van der Waals surface area contributed by atoms with Crippen LogP contribution in [0.4, 0.5) is 17.1 Å². The molecule has 50 heavy (non-hydrogen) atoms. The topological polar surface area (TPSA) is 3.24 Å². The minimum atomic E-state index is 1.13. The molecule has 0 aliphatic heterocycles. The number of anilines is 3. The number of thiophene rings is 1. The van der Waals surface area contributed by atoms with E-state index < -0.39 is 0 Å². The van der Waals surface area contributed by atoms with Gasteiger partial charge in [0.2, 0.25) is 0 Å². The standard InChI is InChI=1S/C48H31NS/c1-2-15-34(16-3-1)38-21-10-11-25-44(38)49(36-29-28-32-14-4-5-18-35(32)30-36)45-26-13-27-46-47(45)43-31-42(40-22-8-9-23-41(40)48(43)50-46)39-24-12-19-33-17-6-7-20-37(33)39/h1-31H. The summed E-state index contributed by atoms with van der Waals surface area (Å²) in [5.41, 5.74) is 8.37. The van der Waals surface area contributed by atoms with E-state index in [-0.39, 0.29) is 0 Å². The molecule has 0 spiro atoms. The molecule has 1 heterocycles. The van der Waals surface area contributed by atoms with Crippen LogP contribution in [-0.4, -0.2) is 0 Å². The SMILES string of the molecule is c1ccc(-c2ccccc2N(c2ccc3ccccc3c2)c2cccc3sc4c5ccccc5c(-c5cccc6ccccc56)cc4c23)cc1. The van der Waals surface area contributed by atoms with E-state index in [1.165, 1.54) is 80.4 Å². The van der Waals surface area contributed by atoms with E-state index in [1.54, 1.807) is 0 Å². The molecule has 9 aromatic carbocycles. The largest absolute Gasteiger partial charge is 0.309 e. The van der Waals surface area contributed by atoms with Gasteiger partial charge in [0.15, 0.2) is 0 Å². The summed E-state index contributed by atoms with van der Waals surface area (Å²) in [5.74, 6) is 0. The van der Waals surface area contributed by atoms with Crippen molar-refractivity contribution >= 4 is 80.9 Å². The monoisotopic (exact) mass is 653 g/mol. The second-order valence-electron chi connectivity index (χ2n) is 12.9. The van der Waals surface area contributed by atoms with E-state index in [4.69, 9.17) is 0 Å². The molecule has 10 aromatic rings. The lowest BCUT2D eigenvalue weighted by atomic mass is 9.92. The third-order valence-corrected chi connectivity index (χ3v) is 11.2. The molecular weight excluding hydrogens is 623 g/mol. The first-order valence-corrected chi connectivity index (χ1v) is 17.9. The van der Waals surface area contributed by atoms with Crippen LogP contribution >= 0.6 is 11.3 Å². The molecule has 0 radical (unpaired) electrons. The van der Waals surface area contributed by atoms with Crippen LogP contribution in [0.2, 0.25) is 0 Å². The van der Waals surface area contributed by atoms with Gasteiger partial charge in [-0.25, -0.2) is 0 Å². The van der Waals surface area contributed by atoms with E-state index in [9.17, 15) is 0 Å². The zero-order valence-corrected chi connectivity index (χ0v) is 28.1. The average molecular weight is 654 g/mol. The molecule has 0 aliphatic rings. The number of hydrogen-bond donors (Lipinski definition) is 0. The van der Waals surface area contributed by atoms with Gasteiger partial charge in [-0.15, -0.1) is 11.3 Å². The number of rotatable bonds is 5. The van der Waals surface area contributed by atoms with E-state index in [0.717, 1.165) is 11.4 Å². The maximum Gasteiger partial charge on any atom is 0.0555 e. The van der Waals surface area contributed by atoms with E-state index in [0.29, 0.717) is 0 Å². The van der Waals surface area contributed by atoms with Crippen LogP contribution in [0.1, 0.15) is 0 Å². The molecule has 0 saturated carbocycles. The second-order valence-corrected chi connectivity index (χ2v) is 13.9. The minimum absolute atomic E-state index is 1.13. The van der Waals surface area contributed by atoms with Gasteiger partial charge in [-0.2, -0.15) is 0 Å². The maximum atomic E-state index is 2.48. The van der Waals surface area contributed by atoms with Gasteiger partial charge in [0.1, 0.15) is 0 Å². The van der Waals surface area contributed by atoms with Crippen molar-refractivity contribution in [3.05, 3.63) is 188 Å². The molecule has 1 nitrogen and oxygen atoms in total. The average Bonchev–Trinajstić information content (AvgIpc) is 3.58. The van der Waals surface area contributed by atoms with Crippen molar-refractivity contribution in [2.24, 2.45) is 0 Å². The van der Waals surface area contributed by atoms with Crippen LogP contribution in [0.5, 0.6) is 0 Å². The highest BCUT2D eigenvalue weighted by molar-refractivity contribution is 7.26. The number of fused-ring (bicyclic) bond motifs is 7. The van der Waals surface area contributed by atoms with Gasteiger partial charge in [0.05, 0.1) is 11.4 Å². The third kappa shape index (κ3) is 4.61. The molecule has 0 saturated heterocycles. The zero-order chi connectivity index (χ0) is 33.0. The fourth-order valence-electron chi connectivity index (χ4n) is 7.75. The first-order chi connectivity index (χ1) is 24.8. The zero-order valence-electron chi connectivity index (χ0n) is 27.3. The Labute approximate surface area is 294 Å². The van der Waals surface area contributed by atoms with Gasteiger partial charge < -0.3 is 4.90 Å². The summed E-state index contributed by atoms with van der Waals surface area (Å²) in [5, 5.41) is 10.1. The van der Waals surface area contributed by atoms with E-state index >= 15 is 0 Å². The molecule has 0 atom stereocenters. The molecule has 0 bridgehead atoms. The van der Waals surface area contributed by atoms with E-state index in [1.807, 2.05) is 11.3 Å². The molecular formula is C48H31NS. The highest BCUT2D eigenvalue weighted by atomic mass is 32.1. The van der Waals surface area contributed by atoms with Gasteiger partial charge in [0.25, 0.3) is 0 Å². The quantitative estimate of drug-likeness (QED) is 0.179. The van der Waals surface area contributed by atoms with Crippen molar-refractivity contribution in [1.82, 2.24) is 0 Å². The highest BCUT2D eigenvalue weighted by Crippen LogP contribution is 2.50. The molecule has 1 aromatic heterocycles. The Morgan fingerprint density at radius 2 is 1.00 bits per heavy atom. The van der Waals surface area contributed by atoms with Crippen LogP contribution < -0.4 is 4.90 Å². The Morgan fingerprint density at radius 3 is 1.88 bits per heavy atom. The van der Waals surface area contributed by atoms with E-state index in [2.05, 4.69) is 193 Å². The summed E-state index contributed by atoms with van der Waals surface area (Å²) in [6, 6.07) is 68.7. The molecule has 0 amide bonds. The number of hydrogen-bond acceptors (Lipinski definition) is 2. The van der Waals surface area contributed by atoms with Gasteiger partial charge in [-0.05, 0) is 80.0 Å². The summed E-state index contributed by atoms with van der Waals surface area (Å²) in [6.45, 7) is 0. The van der Waals surface area contributed by atoms with Gasteiger partial charge in [-0.1, -0.05) is 152 Å². The second kappa shape index (κ2) is 11.7. The van der Waals surface area contributed by atoms with Crippen molar-refractivity contribution < 1.29 is 0 Å². The van der Waals surface area contributed by atoms with Gasteiger partial charge in [0, 0.05) is 36.8 Å². The molecule has 10 rings (SSSR count). The smallest absolute Gasteiger partial charge is 0.0555 e. The normalized spacial score (nSPS) is 11.6. The van der Waals surface area contributed by atoms with Crippen LogP contribution in [0.3, 0.4) is 0 Å². The molecule has 0 aliphatic carbocycles. The first-order valence-electron chi connectivity index (χ1n) is 17.1. The third-order valence-electron chi connectivity index (χ3n) is 10.0. The molecule has 0 unspecified atom stereocenters. The Balaban J connectivity index is 1.32. The highest BCUT2D eigenvalue weighted by Gasteiger charge is 2.23. The lowest BCUT2D eigenvalue weighted by molar-refractivity contribution is 1.31. The lowest BCUT2D eigenvalue weighted by Gasteiger charge is -2.29. The van der Waals surface area contributed by atoms with Crippen molar-refractivity contribution in [3.63, 3.8) is 0 Å². The fourth-order valence-corrected chi connectivity index (χ4v) is 9.00. The van der Waals surface area contributed by atoms with Crippen LogP contribution in [-0.2, 0) is 0 Å². The summed E-state index contributed by atoms with van der Waals surface area (Å²) in [4.78, 5) is 2.48. The minimum Gasteiger partial charge on any atom is -0.309 e. The molecule has 234 valence electrons. The number of benzene rings is 9. The van der Waals surface area contributed by atoms with Crippen LogP contribution in [0.15, 0.2) is 188 Å². The molecule has 0 fully saturated rings. The Hall–Kier alpha value is -6.22. The number of nitrogens with zero attached hydrogens (tertiary/aromatic N) is 1. The Kier molecular flexibility index (Phi) is 6.75. The fraction of sp³-hybridized carbons (Fsp3) is 0. The van der Waals surface area contributed by atoms with Crippen molar-refractivity contribution in [2.75, 3.05) is 4.90 Å². The van der Waals surface area contributed by atoms with Crippen LogP contribution in [0, 0.1) is 0 Å². The predicted octanol–water partition coefficient (Wildman–Crippen LogP) is 14.3. The van der Waals surface area contributed by atoms with Crippen LogP contribution in [0.25, 0.3) is 74.7 Å². The van der Waals surface area contributed by atoms with Crippen molar-refractivity contribution in [1.29, 1.82) is 0 Å². The number of para-hydroxylation sites is 1.